The van der Waals surface area contributed by atoms with Gasteiger partial charge in [-0.1, -0.05) is 18.2 Å². The molecule has 1 aromatic carbocycles. The van der Waals surface area contributed by atoms with Gasteiger partial charge in [-0.2, -0.15) is 10.2 Å². The Hall–Kier alpha value is -1.97. The molecule has 0 aliphatic rings. The van der Waals surface area contributed by atoms with Crippen molar-refractivity contribution in [3.05, 3.63) is 36.0 Å². The van der Waals surface area contributed by atoms with Crippen LogP contribution in [0.15, 0.2) is 30.5 Å². The van der Waals surface area contributed by atoms with Crippen LogP contribution < -0.4 is 5.11 Å². The first-order chi connectivity index (χ1) is 6.29. The number of aromatic carboxylic acids is 1. The van der Waals surface area contributed by atoms with E-state index in [4.69, 9.17) is 0 Å². The number of hydrogen-bond donors (Lipinski definition) is 0. The average molecular weight is 173 g/mol. The van der Waals surface area contributed by atoms with Crippen molar-refractivity contribution in [1.29, 1.82) is 0 Å². The average Bonchev–Trinajstić information content (AvgIpc) is 2.17. The summed E-state index contributed by atoms with van der Waals surface area (Å²) < 4.78 is 0. The van der Waals surface area contributed by atoms with E-state index in [2.05, 4.69) is 10.2 Å². The number of carbonyl (C=O) groups excluding carboxylic acids is 1. The summed E-state index contributed by atoms with van der Waals surface area (Å²) >= 11 is 0. The first-order valence-corrected chi connectivity index (χ1v) is 3.71. The Balaban J connectivity index is 2.83. The summed E-state index contributed by atoms with van der Waals surface area (Å²) in [4.78, 5) is 10.6. The highest BCUT2D eigenvalue weighted by molar-refractivity contribution is 6.00. The van der Waals surface area contributed by atoms with Crippen molar-refractivity contribution in [2.75, 3.05) is 0 Å². The van der Waals surface area contributed by atoms with Gasteiger partial charge >= 0.3 is 0 Å². The normalized spacial score (nSPS) is 10.2. The molecule has 0 spiro atoms. The summed E-state index contributed by atoms with van der Waals surface area (Å²) in [7, 11) is 0. The lowest BCUT2D eigenvalue weighted by atomic mass is 10.1. The van der Waals surface area contributed by atoms with E-state index in [-0.39, 0.29) is 5.56 Å². The molecule has 0 fully saturated rings. The van der Waals surface area contributed by atoms with Crippen LogP contribution in [-0.4, -0.2) is 16.2 Å². The predicted octanol–water partition coefficient (Wildman–Crippen LogP) is -0.00670. The highest BCUT2D eigenvalue weighted by atomic mass is 16.4. The molecule has 0 saturated heterocycles. The first-order valence-electron chi connectivity index (χ1n) is 3.71. The van der Waals surface area contributed by atoms with E-state index in [0.29, 0.717) is 10.9 Å². The summed E-state index contributed by atoms with van der Waals surface area (Å²) in [5, 5.41) is 18.5. The molecular weight excluding hydrogens is 168 g/mol. The number of fused-ring (bicyclic) bond motifs is 1. The number of carbonyl (C=O) groups is 1. The van der Waals surface area contributed by atoms with E-state index in [1.807, 2.05) is 0 Å². The van der Waals surface area contributed by atoms with E-state index < -0.39 is 5.97 Å². The van der Waals surface area contributed by atoms with Crippen molar-refractivity contribution in [3.8, 4) is 0 Å². The van der Waals surface area contributed by atoms with Crippen molar-refractivity contribution in [3.63, 3.8) is 0 Å². The lowest BCUT2D eigenvalue weighted by Crippen LogP contribution is -2.22. The van der Waals surface area contributed by atoms with Crippen LogP contribution in [0.25, 0.3) is 10.9 Å². The van der Waals surface area contributed by atoms with Gasteiger partial charge in [0.25, 0.3) is 0 Å². The topological polar surface area (TPSA) is 65.9 Å². The molecule has 0 aliphatic carbocycles. The standard InChI is InChI=1S/C9H6N2O2/c12-9(13)7-5-10-11-8-4-2-1-3-6(7)8/h1-5H,(H,12,13)/p-1. The number of carboxylic acids is 1. The van der Waals surface area contributed by atoms with Gasteiger partial charge < -0.3 is 9.90 Å². The molecule has 0 bridgehead atoms. The summed E-state index contributed by atoms with van der Waals surface area (Å²) in [6.07, 6.45) is 1.19. The Morgan fingerprint density at radius 2 is 2.08 bits per heavy atom. The fourth-order valence-electron chi connectivity index (χ4n) is 1.17. The molecule has 0 amide bonds. The van der Waals surface area contributed by atoms with Crippen molar-refractivity contribution in [2.45, 2.75) is 0 Å². The second-order valence-electron chi connectivity index (χ2n) is 2.56. The third-order valence-corrected chi connectivity index (χ3v) is 1.77. The monoisotopic (exact) mass is 173 g/mol. The second-order valence-corrected chi connectivity index (χ2v) is 2.56. The quantitative estimate of drug-likeness (QED) is 0.608. The first kappa shape index (κ1) is 7.67. The lowest BCUT2D eigenvalue weighted by molar-refractivity contribution is -0.254. The molecule has 0 aliphatic heterocycles. The van der Waals surface area contributed by atoms with E-state index in [1.54, 1.807) is 24.3 Å². The fraction of sp³-hybridized carbons (Fsp3) is 0. The van der Waals surface area contributed by atoms with Crippen LogP contribution in [0.2, 0.25) is 0 Å². The summed E-state index contributed by atoms with van der Waals surface area (Å²) in [6, 6.07) is 6.90. The minimum absolute atomic E-state index is 0.0746. The molecule has 0 saturated carbocycles. The maximum Gasteiger partial charge on any atom is 0.0936 e. The smallest absolute Gasteiger partial charge is 0.0936 e. The van der Waals surface area contributed by atoms with Crippen molar-refractivity contribution < 1.29 is 9.90 Å². The maximum absolute atomic E-state index is 10.6. The molecule has 13 heavy (non-hydrogen) atoms. The van der Waals surface area contributed by atoms with Crippen LogP contribution >= 0.6 is 0 Å². The van der Waals surface area contributed by atoms with Crippen LogP contribution in [0, 0.1) is 0 Å². The zero-order valence-electron chi connectivity index (χ0n) is 6.60. The van der Waals surface area contributed by atoms with Gasteiger partial charge in [-0.3, -0.25) is 0 Å². The number of nitrogens with zero attached hydrogens (tertiary/aromatic N) is 2. The van der Waals surface area contributed by atoms with Gasteiger partial charge in [0.2, 0.25) is 0 Å². The van der Waals surface area contributed by atoms with Crippen molar-refractivity contribution in [2.24, 2.45) is 0 Å². The summed E-state index contributed by atoms with van der Waals surface area (Å²) in [5.74, 6) is -1.23. The van der Waals surface area contributed by atoms with Crippen molar-refractivity contribution in [1.82, 2.24) is 10.2 Å². The SMILES string of the molecule is O=C([O-])c1cnnc2ccccc12. The van der Waals surface area contributed by atoms with Gasteiger partial charge in [0.1, 0.15) is 0 Å². The molecule has 0 unspecified atom stereocenters. The van der Waals surface area contributed by atoms with Crippen LogP contribution in [0.1, 0.15) is 10.4 Å². The number of aromatic nitrogens is 2. The zero-order valence-corrected chi connectivity index (χ0v) is 6.60. The molecular formula is C9H5N2O2-. The predicted molar refractivity (Wildman–Crippen MR) is 43.9 cm³/mol. The van der Waals surface area contributed by atoms with E-state index in [0.717, 1.165) is 0 Å². The molecule has 4 heteroatoms. The third kappa shape index (κ3) is 1.22. The van der Waals surface area contributed by atoms with E-state index >= 15 is 0 Å². The maximum atomic E-state index is 10.6. The fourth-order valence-corrected chi connectivity index (χ4v) is 1.17. The summed E-state index contributed by atoms with van der Waals surface area (Å²) in [6.45, 7) is 0. The number of benzene rings is 1. The Kier molecular flexibility index (Phi) is 1.66. The van der Waals surface area contributed by atoms with Crippen LogP contribution in [0.5, 0.6) is 0 Å². The largest absolute Gasteiger partial charge is 0.545 e. The lowest BCUT2D eigenvalue weighted by Gasteiger charge is -2.04. The van der Waals surface area contributed by atoms with Gasteiger partial charge in [-0.15, -0.1) is 0 Å². The van der Waals surface area contributed by atoms with Gasteiger partial charge in [0, 0.05) is 10.9 Å². The molecule has 1 aromatic heterocycles. The second kappa shape index (κ2) is 2.82. The van der Waals surface area contributed by atoms with Crippen LogP contribution in [0.3, 0.4) is 0 Å². The third-order valence-electron chi connectivity index (χ3n) is 1.77. The van der Waals surface area contributed by atoms with Crippen LogP contribution in [0.4, 0.5) is 0 Å². The molecule has 2 rings (SSSR count). The van der Waals surface area contributed by atoms with E-state index in [1.165, 1.54) is 6.20 Å². The van der Waals surface area contributed by atoms with Crippen molar-refractivity contribution >= 4 is 16.9 Å². The van der Waals surface area contributed by atoms with Gasteiger partial charge in [0.05, 0.1) is 17.7 Å². The van der Waals surface area contributed by atoms with E-state index in [9.17, 15) is 9.90 Å². The zero-order chi connectivity index (χ0) is 9.26. The number of rotatable bonds is 1. The Morgan fingerprint density at radius 1 is 1.31 bits per heavy atom. The van der Waals surface area contributed by atoms with Gasteiger partial charge in [-0.25, -0.2) is 0 Å². The number of hydrogen-bond acceptors (Lipinski definition) is 4. The molecule has 4 nitrogen and oxygen atoms in total. The number of carboxylic acid groups (broad SMARTS) is 1. The minimum atomic E-state index is -1.23. The van der Waals surface area contributed by atoms with Gasteiger partial charge in [-0.05, 0) is 6.07 Å². The minimum Gasteiger partial charge on any atom is -0.545 e. The molecule has 2 aromatic rings. The highest BCUT2D eigenvalue weighted by Crippen LogP contribution is 2.13. The Labute approximate surface area is 73.8 Å². The molecule has 0 radical (unpaired) electrons. The molecule has 1 heterocycles. The van der Waals surface area contributed by atoms with Crippen LogP contribution in [-0.2, 0) is 0 Å². The van der Waals surface area contributed by atoms with Gasteiger partial charge in [0.15, 0.2) is 0 Å². The molecule has 64 valence electrons. The Morgan fingerprint density at radius 3 is 2.85 bits per heavy atom. The molecule has 0 atom stereocenters. The summed E-state index contributed by atoms with van der Waals surface area (Å²) in [5.41, 5.74) is 0.634. The highest BCUT2D eigenvalue weighted by Gasteiger charge is 2.01. The molecule has 0 N–H and O–H groups in total. The Bertz CT molecular complexity index is 463.